The lowest BCUT2D eigenvalue weighted by Gasteiger charge is -2.05. The molecule has 0 amide bonds. The first-order chi connectivity index (χ1) is 5.52. The molecular weight excluding hydrogens is 156 g/mol. The summed E-state index contributed by atoms with van der Waals surface area (Å²) in [6, 6.07) is 0. The largest absolute Gasteiger partial charge is 0.498 e. The van der Waals surface area contributed by atoms with Crippen LogP contribution in [0.1, 0.15) is 27.7 Å². The zero-order valence-electron chi connectivity index (χ0n) is 8.03. The van der Waals surface area contributed by atoms with Crippen LogP contribution in [-0.2, 0) is 14.3 Å². The number of esters is 1. The molecule has 0 N–H and O–H groups in total. The molecule has 0 aliphatic heterocycles. The standard InChI is InChI=1S/C9H16O3/c1-7(2)11-6-5-9(10)12-8(3)4/h5-8H,1-4H3. The van der Waals surface area contributed by atoms with Crippen LogP contribution in [0.2, 0.25) is 0 Å². The van der Waals surface area contributed by atoms with Gasteiger partial charge in [0.2, 0.25) is 0 Å². The number of rotatable bonds is 4. The molecule has 0 fully saturated rings. The second-order valence-corrected chi connectivity index (χ2v) is 2.97. The number of hydrogen-bond acceptors (Lipinski definition) is 3. The van der Waals surface area contributed by atoms with Crippen LogP contribution in [0.25, 0.3) is 0 Å². The number of carbonyl (C=O) groups is 1. The summed E-state index contributed by atoms with van der Waals surface area (Å²) in [6.07, 6.45) is 2.64. The predicted octanol–water partition coefficient (Wildman–Crippen LogP) is 1.88. The van der Waals surface area contributed by atoms with Gasteiger partial charge in [-0.15, -0.1) is 0 Å². The van der Waals surface area contributed by atoms with Gasteiger partial charge in [0, 0.05) is 0 Å². The van der Waals surface area contributed by atoms with Gasteiger partial charge in [0.05, 0.1) is 24.5 Å². The summed E-state index contributed by atoms with van der Waals surface area (Å²) in [4.78, 5) is 10.8. The summed E-state index contributed by atoms with van der Waals surface area (Å²) in [7, 11) is 0. The van der Waals surface area contributed by atoms with Gasteiger partial charge in [-0.3, -0.25) is 0 Å². The lowest BCUT2D eigenvalue weighted by atomic mass is 10.5. The molecule has 0 heterocycles. The smallest absolute Gasteiger partial charge is 0.334 e. The molecule has 70 valence electrons. The molecule has 0 unspecified atom stereocenters. The normalized spacial score (nSPS) is 11.2. The van der Waals surface area contributed by atoms with Crippen molar-refractivity contribution in [1.29, 1.82) is 0 Å². The monoisotopic (exact) mass is 172 g/mol. The van der Waals surface area contributed by atoms with Crippen LogP contribution in [-0.4, -0.2) is 18.2 Å². The molecule has 0 rings (SSSR count). The van der Waals surface area contributed by atoms with Crippen molar-refractivity contribution in [3.63, 3.8) is 0 Å². The fourth-order valence-corrected chi connectivity index (χ4v) is 0.524. The topological polar surface area (TPSA) is 35.5 Å². The molecule has 0 bridgehead atoms. The lowest BCUT2D eigenvalue weighted by molar-refractivity contribution is -0.141. The van der Waals surface area contributed by atoms with Gasteiger partial charge in [-0.1, -0.05) is 0 Å². The van der Waals surface area contributed by atoms with Crippen molar-refractivity contribution in [2.24, 2.45) is 0 Å². The molecule has 0 saturated carbocycles. The van der Waals surface area contributed by atoms with Crippen LogP contribution in [0.5, 0.6) is 0 Å². The number of hydrogen-bond donors (Lipinski definition) is 0. The van der Waals surface area contributed by atoms with E-state index in [1.165, 1.54) is 12.3 Å². The van der Waals surface area contributed by atoms with Crippen LogP contribution in [0.4, 0.5) is 0 Å². The molecule has 0 aromatic heterocycles. The van der Waals surface area contributed by atoms with Gasteiger partial charge >= 0.3 is 5.97 Å². The van der Waals surface area contributed by atoms with Crippen LogP contribution in [0.3, 0.4) is 0 Å². The van der Waals surface area contributed by atoms with Gasteiger partial charge in [-0.25, -0.2) is 4.79 Å². The first kappa shape index (κ1) is 11.0. The van der Waals surface area contributed by atoms with E-state index in [2.05, 4.69) is 0 Å². The minimum atomic E-state index is -0.370. The highest BCUT2D eigenvalue weighted by molar-refractivity contribution is 5.81. The second-order valence-electron chi connectivity index (χ2n) is 2.97. The van der Waals surface area contributed by atoms with Crippen molar-refractivity contribution in [1.82, 2.24) is 0 Å². The van der Waals surface area contributed by atoms with E-state index < -0.39 is 0 Å². The van der Waals surface area contributed by atoms with Crippen molar-refractivity contribution >= 4 is 5.97 Å². The van der Waals surface area contributed by atoms with Crippen LogP contribution in [0, 0.1) is 0 Å². The third-order valence-electron chi connectivity index (χ3n) is 0.907. The van der Waals surface area contributed by atoms with Gasteiger partial charge in [0.25, 0.3) is 0 Å². The molecule has 12 heavy (non-hydrogen) atoms. The summed E-state index contributed by atoms with van der Waals surface area (Å²) >= 11 is 0. The summed E-state index contributed by atoms with van der Waals surface area (Å²) in [5.74, 6) is -0.370. The second kappa shape index (κ2) is 5.63. The molecule has 0 radical (unpaired) electrons. The van der Waals surface area contributed by atoms with E-state index in [0.29, 0.717) is 0 Å². The van der Waals surface area contributed by atoms with Crippen molar-refractivity contribution in [3.8, 4) is 0 Å². The summed E-state index contributed by atoms with van der Waals surface area (Å²) in [6.45, 7) is 7.38. The Kier molecular flexibility index (Phi) is 5.17. The fourth-order valence-electron chi connectivity index (χ4n) is 0.524. The first-order valence-electron chi connectivity index (χ1n) is 4.05. The number of ether oxygens (including phenoxy) is 2. The number of carbonyl (C=O) groups excluding carboxylic acids is 1. The molecular formula is C9H16O3. The fraction of sp³-hybridized carbons (Fsp3) is 0.667. The lowest BCUT2D eigenvalue weighted by Crippen LogP contribution is -2.08. The molecule has 0 aliphatic rings. The average Bonchev–Trinajstić information content (AvgIpc) is 1.84. The molecule has 0 aromatic carbocycles. The Hall–Kier alpha value is -0.990. The molecule has 0 aromatic rings. The Bertz CT molecular complexity index is 159. The van der Waals surface area contributed by atoms with E-state index in [9.17, 15) is 4.79 Å². The van der Waals surface area contributed by atoms with E-state index >= 15 is 0 Å². The van der Waals surface area contributed by atoms with E-state index in [4.69, 9.17) is 9.47 Å². The van der Waals surface area contributed by atoms with Gasteiger partial charge < -0.3 is 9.47 Å². The summed E-state index contributed by atoms with van der Waals surface area (Å²) < 4.78 is 9.84. The minimum absolute atomic E-state index is 0.0822. The van der Waals surface area contributed by atoms with E-state index in [1.54, 1.807) is 13.8 Å². The van der Waals surface area contributed by atoms with E-state index in [1.807, 2.05) is 13.8 Å². The maximum Gasteiger partial charge on any atom is 0.334 e. The predicted molar refractivity (Wildman–Crippen MR) is 46.6 cm³/mol. The molecule has 0 atom stereocenters. The van der Waals surface area contributed by atoms with Crippen molar-refractivity contribution in [3.05, 3.63) is 12.3 Å². The molecule has 0 aliphatic carbocycles. The van der Waals surface area contributed by atoms with Crippen molar-refractivity contribution < 1.29 is 14.3 Å². The third-order valence-corrected chi connectivity index (χ3v) is 0.907. The zero-order chi connectivity index (χ0) is 9.56. The van der Waals surface area contributed by atoms with Crippen LogP contribution in [0.15, 0.2) is 12.3 Å². The molecule has 0 spiro atoms. The van der Waals surface area contributed by atoms with Crippen molar-refractivity contribution in [2.45, 2.75) is 39.9 Å². The third kappa shape index (κ3) is 7.12. The first-order valence-corrected chi connectivity index (χ1v) is 4.05. The van der Waals surface area contributed by atoms with Gasteiger partial charge in [0.15, 0.2) is 0 Å². The Morgan fingerprint density at radius 3 is 2.17 bits per heavy atom. The Balaban J connectivity index is 3.61. The summed E-state index contributed by atoms with van der Waals surface area (Å²) in [5.41, 5.74) is 0. The Labute approximate surface area is 73.4 Å². The maximum atomic E-state index is 10.8. The van der Waals surface area contributed by atoms with Gasteiger partial charge in [0.1, 0.15) is 0 Å². The van der Waals surface area contributed by atoms with E-state index in [0.717, 1.165) is 0 Å². The van der Waals surface area contributed by atoms with Gasteiger partial charge in [-0.2, -0.15) is 0 Å². The van der Waals surface area contributed by atoms with Gasteiger partial charge in [-0.05, 0) is 27.7 Å². The SMILES string of the molecule is CC(C)OC=CC(=O)OC(C)C. The van der Waals surface area contributed by atoms with Crippen LogP contribution < -0.4 is 0 Å². The average molecular weight is 172 g/mol. The Morgan fingerprint density at radius 2 is 1.75 bits per heavy atom. The van der Waals surface area contributed by atoms with Crippen molar-refractivity contribution in [2.75, 3.05) is 0 Å². The minimum Gasteiger partial charge on any atom is -0.498 e. The molecule has 3 heteroatoms. The maximum absolute atomic E-state index is 10.8. The molecule has 0 saturated heterocycles. The van der Waals surface area contributed by atoms with E-state index in [-0.39, 0.29) is 18.2 Å². The summed E-state index contributed by atoms with van der Waals surface area (Å²) in [5, 5.41) is 0. The highest BCUT2D eigenvalue weighted by atomic mass is 16.5. The van der Waals surface area contributed by atoms with Crippen LogP contribution >= 0.6 is 0 Å². The Morgan fingerprint density at radius 1 is 1.17 bits per heavy atom. The quantitative estimate of drug-likeness (QED) is 0.369. The zero-order valence-corrected chi connectivity index (χ0v) is 8.03. The highest BCUT2D eigenvalue weighted by Crippen LogP contribution is 1.92. The highest BCUT2D eigenvalue weighted by Gasteiger charge is 1.99. The molecule has 3 nitrogen and oxygen atoms in total.